The normalized spacial score (nSPS) is 20.8. The van der Waals surface area contributed by atoms with Gasteiger partial charge in [0, 0.05) is 19.0 Å². The van der Waals surface area contributed by atoms with Crippen molar-refractivity contribution in [1.82, 2.24) is 10.0 Å². The summed E-state index contributed by atoms with van der Waals surface area (Å²) in [7, 11) is -3.70. The average molecular weight is 264 g/mol. The van der Waals surface area contributed by atoms with Crippen LogP contribution in [0.1, 0.15) is 19.8 Å². The van der Waals surface area contributed by atoms with Crippen LogP contribution >= 0.6 is 0 Å². The number of rotatable bonds is 5. The number of hydrogen-bond acceptors (Lipinski definition) is 5. The van der Waals surface area contributed by atoms with Crippen molar-refractivity contribution < 1.29 is 22.7 Å². The summed E-state index contributed by atoms with van der Waals surface area (Å²) in [5.41, 5.74) is 0. The zero-order valence-corrected chi connectivity index (χ0v) is 10.4. The summed E-state index contributed by atoms with van der Waals surface area (Å²) in [4.78, 5) is 21.9. The first-order valence-electron chi connectivity index (χ1n) is 5.35. The molecule has 1 saturated heterocycles. The van der Waals surface area contributed by atoms with E-state index in [2.05, 4.69) is 14.8 Å². The Kier molecular flexibility index (Phi) is 4.88. The van der Waals surface area contributed by atoms with Crippen LogP contribution in [0, 0.1) is 0 Å². The second-order valence-corrected chi connectivity index (χ2v) is 5.48. The van der Waals surface area contributed by atoms with Crippen LogP contribution < -0.4 is 10.0 Å². The maximum Gasteiger partial charge on any atom is 0.322 e. The molecule has 1 unspecified atom stereocenters. The van der Waals surface area contributed by atoms with Crippen molar-refractivity contribution in [1.29, 1.82) is 0 Å². The summed E-state index contributed by atoms with van der Waals surface area (Å²) in [5.74, 6) is -1.56. The molecule has 0 bridgehead atoms. The molecule has 1 rings (SSSR count). The molecule has 1 atom stereocenters. The molecule has 8 heteroatoms. The van der Waals surface area contributed by atoms with Crippen molar-refractivity contribution in [3.63, 3.8) is 0 Å². The Hall–Kier alpha value is -1.15. The number of carbonyl (C=O) groups excluding carboxylic acids is 2. The summed E-state index contributed by atoms with van der Waals surface area (Å²) < 4.78 is 30.0. The summed E-state index contributed by atoms with van der Waals surface area (Å²) in [6, 6.07) is -0.355. The molecule has 98 valence electrons. The molecule has 0 spiro atoms. The van der Waals surface area contributed by atoms with Crippen LogP contribution in [0.2, 0.25) is 0 Å². The maximum absolute atomic E-state index is 11.5. The van der Waals surface area contributed by atoms with Gasteiger partial charge in [0.15, 0.2) is 5.75 Å². The molecule has 1 aliphatic rings. The lowest BCUT2D eigenvalue weighted by molar-refractivity contribution is -0.140. The topological polar surface area (TPSA) is 102 Å². The van der Waals surface area contributed by atoms with Gasteiger partial charge in [0.1, 0.15) is 0 Å². The Morgan fingerprint density at radius 3 is 2.82 bits per heavy atom. The van der Waals surface area contributed by atoms with Gasteiger partial charge in [0.05, 0.1) is 6.61 Å². The van der Waals surface area contributed by atoms with Gasteiger partial charge in [-0.3, -0.25) is 9.59 Å². The van der Waals surface area contributed by atoms with Crippen LogP contribution in [0.25, 0.3) is 0 Å². The third kappa shape index (κ3) is 5.14. The lowest BCUT2D eigenvalue weighted by Gasteiger charge is -2.22. The second-order valence-electron chi connectivity index (χ2n) is 3.72. The highest BCUT2D eigenvalue weighted by Crippen LogP contribution is 2.04. The molecule has 7 nitrogen and oxygen atoms in total. The molecule has 1 aliphatic heterocycles. The second kappa shape index (κ2) is 5.97. The molecular formula is C9H16N2O5S. The SMILES string of the molecule is CCOC(=O)CS(=O)(=O)NC1CCC(=O)NC1. The zero-order chi connectivity index (χ0) is 12.9. The minimum atomic E-state index is -3.70. The van der Waals surface area contributed by atoms with Crippen LogP contribution in [0.15, 0.2) is 0 Å². The molecule has 0 aromatic heterocycles. The van der Waals surface area contributed by atoms with Gasteiger partial charge in [-0.2, -0.15) is 0 Å². The van der Waals surface area contributed by atoms with Crippen LogP contribution in [-0.4, -0.2) is 45.2 Å². The highest BCUT2D eigenvalue weighted by Gasteiger charge is 2.25. The van der Waals surface area contributed by atoms with Crippen molar-refractivity contribution in [2.45, 2.75) is 25.8 Å². The van der Waals surface area contributed by atoms with Gasteiger partial charge in [-0.15, -0.1) is 0 Å². The molecule has 0 radical (unpaired) electrons. The van der Waals surface area contributed by atoms with Crippen LogP contribution in [0.3, 0.4) is 0 Å². The Morgan fingerprint density at radius 1 is 1.59 bits per heavy atom. The smallest absolute Gasteiger partial charge is 0.322 e. The molecule has 17 heavy (non-hydrogen) atoms. The van der Waals surface area contributed by atoms with Gasteiger partial charge in [-0.1, -0.05) is 0 Å². The van der Waals surface area contributed by atoms with Crippen molar-refractivity contribution in [2.75, 3.05) is 18.9 Å². The van der Waals surface area contributed by atoms with Crippen molar-refractivity contribution in [3.8, 4) is 0 Å². The van der Waals surface area contributed by atoms with Crippen molar-refractivity contribution in [3.05, 3.63) is 0 Å². The van der Waals surface area contributed by atoms with Crippen LogP contribution in [0.4, 0.5) is 0 Å². The molecule has 1 amide bonds. The Bertz CT molecular complexity index is 382. The number of nitrogens with one attached hydrogen (secondary N) is 2. The monoisotopic (exact) mass is 264 g/mol. The van der Waals surface area contributed by atoms with Crippen molar-refractivity contribution >= 4 is 21.9 Å². The molecule has 0 aromatic rings. The fourth-order valence-electron chi connectivity index (χ4n) is 1.49. The summed E-state index contributed by atoms with van der Waals surface area (Å²) >= 11 is 0. The standard InChI is InChI=1S/C9H16N2O5S/c1-2-16-9(13)6-17(14,15)11-7-3-4-8(12)10-5-7/h7,11H,2-6H2,1H3,(H,10,12). The Labute approximate surface area is 100.0 Å². The van der Waals surface area contributed by atoms with E-state index in [0.717, 1.165) is 0 Å². The van der Waals surface area contributed by atoms with Gasteiger partial charge < -0.3 is 10.1 Å². The fraction of sp³-hybridized carbons (Fsp3) is 0.778. The third-order valence-corrected chi connectivity index (χ3v) is 3.53. The Balaban J connectivity index is 2.43. The van der Waals surface area contributed by atoms with E-state index >= 15 is 0 Å². The molecule has 2 N–H and O–H groups in total. The first-order valence-corrected chi connectivity index (χ1v) is 7.00. The summed E-state index contributed by atoms with van der Waals surface area (Å²) in [5, 5.41) is 2.55. The van der Waals surface area contributed by atoms with E-state index in [9.17, 15) is 18.0 Å². The van der Waals surface area contributed by atoms with E-state index in [1.165, 1.54) is 0 Å². The van der Waals surface area contributed by atoms with E-state index in [4.69, 9.17) is 0 Å². The lowest BCUT2D eigenvalue weighted by Crippen LogP contribution is -2.48. The van der Waals surface area contributed by atoms with Gasteiger partial charge in [0.2, 0.25) is 15.9 Å². The number of amides is 1. The molecule has 0 saturated carbocycles. The first kappa shape index (κ1) is 13.9. The molecule has 1 fully saturated rings. The zero-order valence-electron chi connectivity index (χ0n) is 9.56. The number of ether oxygens (including phenoxy) is 1. The predicted molar refractivity (Wildman–Crippen MR) is 59.6 cm³/mol. The van der Waals surface area contributed by atoms with Gasteiger partial charge in [-0.25, -0.2) is 13.1 Å². The van der Waals surface area contributed by atoms with E-state index in [-0.39, 0.29) is 31.5 Å². The maximum atomic E-state index is 11.5. The van der Waals surface area contributed by atoms with Crippen LogP contribution in [-0.2, 0) is 24.3 Å². The number of hydrogen-bond donors (Lipinski definition) is 2. The molecule has 1 heterocycles. The van der Waals surface area contributed by atoms with E-state index in [1.807, 2.05) is 0 Å². The average Bonchev–Trinajstić information content (AvgIpc) is 2.20. The predicted octanol–water partition coefficient (Wildman–Crippen LogP) is -1.25. The van der Waals surface area contributed by atoms with E-state index < -0.39 is 21.7 Å². The highest BCUT2D eigenvalue weighted by atomic mass is 32.2. The minimum Gasteiger partial charge on any atom is -0.465 e. The minimum absolute atomic E-state index is 0.0918. The van der Waals surface area contributed by atoms with Gasteiger partial charge >= 0.3 is 5.97 Å². The number of piperidine rings is 1. The van der Waals surface area contributed by atoms with E-state index in [1.54, 1.807) is 6.92 Å². The number of carbonyl (C=O) groups is 2. The van der Waals surface area contributed by atoms with Crippen molar-refractivity contribution in [2.24, 2.45) is 0 Å². The largest absolute Gasteiger partial charge is 0.465 e. The summed E-state index contributed by atoms with van der Waals surface area (Å²) in [6.45, 7) is 2.00. The Morgan fingerprint density at radius 2 is 2.29 bits per heavy atom. The highest BCUT2D eigenvalue weighted by molar-refractivity contribution is 7.90. The molecule has 0 aliphatic carbocycles. The van der Waals surface area contributed by atoms with Crippen LogP contribution in [0.5, 0.6) is 0 Å². The molecular weight excluding hydrogens is 248 g/mol. The number of esters is 1. The molecule has 0 aromatic carbocycles. The summed E-state index contributed by atoms with van der Waals surface area (Å²) in [6.07, 6.45) is 0.723. The van der Waals surface area contributed by atoms with Gasteiger partial charge in [0.25, 0.3) is 0 Å². The third-order valence-electron chi connectivity index (χ3n) is 2.22. The first-order chi connectivity index (χ1) is 7.93. The quantitative estimate of drug-likeness (QED) is 0.604. The fourth-order valence-corrected chi connectivity index (χ4v) is 2.67. The van der Waals surface area contributed by atoms with Gasteiger partial charge in [-0.05, 0) is 13.3 Å². The lowest BCUT2D eigenvalue weighted by atomic mass is 10.1. The van der Waals surface area contributed by atoms with E-state index in [0.29, 0.717) is 6.42 Å². The number of sulfonamides is 1.